The van der Waals surface area contributed by atoms with Crippen molar-refractivity contribution < 1.29 is 196 Å². The van der Waals surface area contributed by atoms with Gasteiger partial charge in [-0.15, -0.1) is 0 Å². The van der Waals surface area contributed by atoms with Crippen molar-refractivity contribution in [3.8, 4) is 17.2 Å². The van der Waals surface area contributed by atoms with Gasteiger partial charge in [0.1, 0.15) is 104 Å². The van der Waals surface area contributed by atoms with E-state index in [4.69, 9.17) is 80.5 Å². The topological polar surface area (TPSA) is 606 Å². The van der Waals surface area contributed by atoms with Crippen molar-refractivity contribution in [3.63, 3.8) is 0 Å². The molecule has 4 saturated carbocycles. The molecule has 10 fully saturated rings. The molecule has 6 saturated heterocycles. The van der Waals surface area contributed by atoms with Gasteiger partial charge in [-0.25, -0.2) is 4.79 Å². The van der Waals surface area contributed by atoms with Gasteiger partial charge >= 0.3 is 29.8 Å². The van der Waals surface area contributed by atoms with E-state index in [1.165, 1.54) is 60.3 Å². The van der Waals surface area contributed by atoms with Gasteiger partial charge in [0.2, 0.25) is 12.0 Å². The molecule has 40 heteroatoms. The van der Waals surface area contributed by atoms with Crippen molar-refractivity contribution in [3.05, 3.63) is 35.4 Å². The van der Waals surface area contributed by atoms with Crippen LogP contribution in [0, 0.1) is 50.2 Å². The number of hydrogen-bond acceptors (Lipinski definition) is 38. The third-order valence-corrected chi connectivity index (χ3v) is 28.1. The summed E-state index contributed by atoms with van der Waals surface area (Å²) in [6, 6.07) is 3.03. The molecular formula is C81H120O40. The van der Waals surface area contributed by atoms with Crippen molar-refractivity contribution >= 4 is 35.9 Å². The van der Waals surface area contributed by atoms with Crippen LogP contribution in [-0.2, 0) is 90.3 Å². The van der Waals surface area contributed by atoms with Crippen LogP contribution in [-0.4, -0.2) is 360 Å². The second-order valence-corrected chi connectivity index (χ2v) is 36.4. The van der Waals surface area contributed by atoms with Crippen LogP contribution in [0.3, 0.4) is 0 Å². The number of carbonyl (C=O) groups excluding carboxylic acids is 3. The van der Waals surface area contributed by atoms with Gasteiger partial charge in [-0.3, -0.25) is 19.2 Å². The lowest BCUT2D eigenvalue weighted by atomic mass is 9.33. The number of esters is 3. The number of aliphatic hydroxyl groups is 16. The van der Waals surface area contributed by atoms with E-state index in [2.05, 4.69) is 6.92 Å². The first-order valence-corrected chi connectivity index (χ1v) is 40.9. The number of ether oxygens (including phenoxy) is 17. The van der Waals surface area contributed by atoms with Gasteiger partial charge < -0.3 is 172 Å². The molecule has 11 aliphatic rings. The third kappa shape index (κ3) is 17.6. The van der Waals surface area contributed by atoms with Crippen LogP contribution in [0.2, 0.25) is 0 Å². The van der Waals surface area contributed by atoms with Crippen molar-refractivity contribution in [2.75, 3.05) is 61.0 Å². The largest absolute Gasteiger partial charge is 0.493 e. The first-order valence-electron chi connectivity index (χ1n) is 40.9. The maximum atomic E-state index is 16.4. The predicted octanol–water partition coefficient (Wildman–Crippen LogP) is -2.95. The molecule has 18 N–H and O–H groups in total. The number of rotatable bonds is 27. The number of hydrogen-bond donors (Lipinski definition) is 18. The van der Waals surface area contributed by atoms with E-state index in [0.717, 1.165) is 18.6 Å². The molecule has 121 heavy (non-hydrogen) atoms. The first kappa shape index (κ1) is 94.5. The molecule has 684 valence electrons. The molecule has 1 aromatic rings. The van der Waals surface area contributed by atoms with Gasteiger partial charge in [0.15, 0.2) is 60.8 Å². The Morgan fingerprint density at radius 2 is 1.19 bits per heavy atom. The van der Waals surface area contributed by atoms with Crippen molar-refractivity contribution in [1.29, 1.82) is 0 Å². The van der Waals surface area contributed by atoms with Crippen molar-refractivity contribution in [2.24, 2.45) is 50.2 Å². The number of carbonyl (C=O) groups is 5. The smallest absolute Gasteiger partial charge is 0.331 e. The first-order chi connectivity index (χ1) is 56.8. The highest BCUT2D eigenvalue weighted by molar-refractivity contribution is 5.87. The zero-order valence-corrected chi connectivity index (χ0v) is 69.3. The van der Waals surface area contributed by atoms with Crippen LogP contribution in [0.4, 0.5) is 0 Å². The molecular weight excluding hydrogens is 1610 g/mol. The fraction of sp³-hybridized carbons (Fsp3) is 0.815. The maximum absolute atomic E-state index is 16.4. The highest BCUT2D eigenvalue weighted by Gasteiger charge is 2.74. The highest BCUT2D eigenvalue weighted by atomic mass is 16.8. The Labute approximate surface area is 696 Å². The lowest BCUT2D eigenvalue weighted by Gasteiger charge is -2.71. The molecule has 0 aromatic heterocycles. The van der Waals surface area contributed by atoms with Crippen LogP contribution in [0.1, 0.15) is 132 Å². The SMILES string of the molecule is COc1cc(C=CC(=O)OC2C(O)C(C)OC(OC(=O)C34CCC(C)(C)CC3C3=CCC5C6(C)CC(O)C(OC7OC(CO)C(O)C(O)C7O)C(C)(C(=O)O)C6CCC5(C)C3(CO)CC4)C2OC2OC(C)C(OC3OCC(O)C(OC4OCC(O)C(O)C4O)C3O)C(OC3OCC(O)(COC(=O)CC(C)(O)CC(=O)O)C3O)C2O)cc(OC)c1OC. The fourth-order valence-corrected chi connectivity index (χ4v) is 21.4. The van der Waals surface area contributed by atoms with Gasteiger partial charge in [-0.05, 0) is 143 Å². The zero-order chi connectivity index (χ0) is 88.7. The lowest BCUT2D eigenvalue weighted by Crippen LogP contribution is -2.71. The Morgan fingerprint density at radius 1 is 0.587 bits per heavy atom. The van der Waals surface area contributed by atoms with Crippen molar-refractivity contribution in [2.45, 2.75) is 303 Å². The Bertz CT molecular complexity index is 3870. The Balaban J connectivity index is 0.879. The van der Waals surface area contributed by atoms with Gasteiger partial charge in [0.25, 0.3) is 0 Å². The fourth-order valence-electron chi connectivity index (χ4n) is 21.4. The number of allylic oxidation sites excluding steroid dienone is 1. The summed E-state index contributed by atoms with van der Waals surface area (Å²) >= 11 is 0. The Morgan fingerprint density at radius 3 is 1.83 bits per heavy atom. The number of aliphatic carboxylic acids is 2. The zero-order valence-electron chi connectivity index (χ0n) is 69.3. The van der Waals surface area contributed by atoms with E-state index in [1.807, 2.05) is 26.8 Å². The maximum Gasteiger partial charge on any atom is 0.331 e. The number of carboxylic acid groups (broad SMARTS) is 2. The second kappa shape index (κ2) is 36.3. The molecule has 0 amide bonds. The summed E-state index contributed by atoms with van der Waals surface area (Å²) < 4.78 is 102. The van der Waals surface area contributed by atoms with E-state index >= 15 is 4.79 Å². The summed E-state index contributed by atoms with van der Waals surface area (Å²) in [4.78, 5) is 69.6. The van der Waals surface area contributed by atoms with Crippen molar-refractivity contribution in [1.82, 2.24) is 0 Å². The van der Waals surface area contributed by atoms with E-state index < -0.39 is 310 Å². The summed E-state index contributed by atoms with van der Waals surface area (Å²) in [7, 11) is 4.13. The molecule has 6 heterocycles. The van der Waals surface area contributed by atoms with Gasteiger partial charge in [-0.1, -0.05) is 39.3 Å². The molecule has 5 aliphatic carbocycles. The molecule has 37 atom stereocenters. The highest BCUT2D eigenvalue weighted by Crippen LogP contribution is 2.76. The number of methoxy groups -OCH3 is 3. The summed E-state index contributed by atoms with van der Waals surface area (Å²) in [5.41, 5.74) is -10.5. The molecule has 1 aromatic carbocycles. The molecule has 40 nitrogen and oxygen atoms in total. The van der Waals surface area contributed by atoms with E-state index in [1.54, 1.807) is 0 Å². The molecule has 0 radical (unpaired) electrons. The summed E-state index contributed by atoms with van der Waals surface area (Å²) in [6.07, 6.45) is -45.4. The number of benzene rings is 1. The van der Waals surface area contributed by atoms with Gasteiger partial charge in [-0.2, -0.15) is 0 Å². The number of fused-ring (bicyclic) bond motifs is 7. The number of carboxylic acids is 2. The van der Waals surface area contributed by atoms with E-state index in [0.29, 0.717) is 24.8 Å². The van der Waals surface area contributed by atoms with E-state index in [-0.39, 0.29) is 55.8 Å². The predicted molar refractivity (Wildman–Crippen MR) is 402 cm³/mol. The van der Waals surface area contributed by atoms with Crippen LogP contribution >= 0.6 is 0 Å². The minimum Gasteiger partial charge on any atom is -0.493 e. The van der Waals surface area contributed by atoms with Gasteiger partial charge in [0, 0.05) is 11.5 Å². The summed E-state index contributed by atoms with van der Waals surface area (Å²) in [5.74, 6) is -7.33. The third-order valence-electron chi connectivity index (χ3n) is 28.1. The monoisotopic (exact) mass is 1730 g/mol. The number of aliphatic hydroxyl groups excluding tert-OH is 14. The average Bonchev–Trinajstić information content (AvgIpc) is 0.998. The minimum atomic E-state index is -2.55. The lowest BCUT2D eigenvalue weighted by molar-refractivity contribution is -0.388. The van der Waals surface area contributed by atoms with Crippen LogP contribution in [0.5, 0.6) is 17.2 Å². The average molecular weight is 1730 g/mol. The van der Waals surface area contributed by atoms with E-state index in [9.17, 15) is 111 Å². The quantitative estimate of drug-likeness (QED) is 0.0138. The van der Waals surface area contributed by atoms with Crippen LogP contribution in [0.25, 0.3) is 6.08 Å². The van der Waals surface area contributed by atoms with Gasteiger partial charge in [0.05, 0.1) is 102 Å². The molecule has 12 rings (SSSR count). The Hall–Kier alpha value is -5.63. The van der Waals surface area contributed by atoms with Crippen LogP contribution in [0.15, 0.2) is 29.9 Å². The Kier molecular flexibility index (Phi) is 28.3. The minimum absolute atomic E-state index is 0.0508. The molecule has 37 unspecified atom stereocenters. The second-order valence-electron chi connectivity index (χ2n) is 36.4. The standard InChI is InChI=1S/C81H120O40/c1-34-50(91)61(115-48(89)15-12-36-22-42(105-9)60(107-11)43(23-36)106-10)63(119-69-57(98)62(118-71-64(99)81(104,33-111-71)32-110-49(90)27-75(5,103)26-47(87)88)58(35(2)113-69)116-67-56(97)59(41(86)30-109-67)117-66-54(95)51(92)40(85)29-108-66)70(112-34)121-73(102)79-19-18-74(3,4)24-38(79)37-13-14-45-76(6)25-39(84)65(120-68-55(96)53(94)52(93)44(28-82)114-68)78(8,72(100)101)46(76)16-17-77(45,7)80(37,31-83)21-20-79/h12-13,15,22-23,34-35,38-41,44-46,50-59,61-71,82-86,91-99,103-104H,14,16-21,24-33H2,1-11H3,(H,87,88)(H,100,101). The molecule has 6 aliphatic heterocycles. The molecule has 0 bridgehead atoms. The summed E-state index contributed by atoms with van der Waals surface area (Å²) in [5, 5.41) is 203. The normalized spacial score (nSPS) is 45.8. The molecule has 0 spiro atoms. The van der Waals surface area contributed by atoms with Crippen LogP contribution < -0.4 is 14.2 Å². The summed E-state index contributed by atoms with van der Waals surface area (Å²) in [6.45, 7) is 8.90.